The summed E-state index contributed by atoms with van der Waals surface area (Å²) in [6.07, 6.45) is 0. The highest BCUT2D eigenvalue weighted by molar-refractivity contribution is 7.13. The molecule has 0 unspecified atom stereocenters. The number of hydrogen-bond donors (Lipinski definition) is 2. The summed E-state index contributed by atoms with van der Waals surface area (Å²) in [7, 11) is 0. The number of rotatable bonds is 5. The fourth-order valence-corrected chi connectivity index (χ4v) is 3.32. The second-order valence-corrected chi connectivity index (χ2v) is 7.04. The maximum absolute atomic E-state index is 12.5. The first kappa shape index (κ1) is 17.8. The van der Waals surface area contributed by atoms with Gasteiger partial charge in [-0.25, -0.2) is 4.98 Å². The van der Waals surface area contributed by atoms with Gasteiger partial charge in [0.05, 0.1) is 11.3 Å². The number of carbonyl (C=O) groups excluding carboxylic acids is 2. The normalized spacial score (nSPS) is 10.7. The monoisotopic (exact) mass is 365 g/mol. The lowest BCUT2D eigenvalue weighted by Gasteiger charge is -2.07. The molecular weight excluding hydrogens is 346 g/mol. The molecule has 0 fully saturated rings. The minimum absolute atomic E-state index is 0.264. The second-order valence-electron chi connectivity index (χ2n) is 6.18. The van der Waals surface area contributed by atoms with Crippen LogP contribution < -0.4 is 11.1 Å². The molecule has 0 radical (unpaired) electrons. The highest BCUT2D eigenvalue weighted by Crippen LogP contribution is 2.26. The number of nitrogens with zero attached hydrogens (tertiary/aromatic N) is 1. The van der Waals surface area contributed by atoms with E-state index in [-0.39, 0.29) is 11.5 Å². The molecule has 132 valence electrons. The minimum Gasteiger partial charge on any atom is -0.366 e. The van der Waals surface area contributed by atoms with E-state index >= 15 is 0 Å². The van der Waals surface area contributed by atoms with Crippen molar-refractivity contribution in [2.45, 2.75) is 19.8 Å². The first-order valence-electron chi connectivity index (χ1n) is 8.21. The van der Waals surface area contributed by atoms with Gasteiger partial charge in [-0.15, -0.1) is 11.3 Å². The Kier molecular flexibility index (Phi) is 5.14. The van der Waals surface area contributed by atoms with Crippen LogP contribution in [-0.4, -0.2) is 16.8 Å². The Labute approximate surface area is 155 Å². The molecule has 6 heteroatoms. The van der Waals surface area contributed by atoms with Crippen LogP contribution in [0.2, 0.25) is 0 Å². The maximum atomic E-state index is 12.5. The van der Waals surface area contributed by atoms with Gasteiger partial charge in [0.25, 0.3) is 11.8 Å². The van der Waals surface area contributed by atoms with Crippen molar-refractivity contribution in [1.29, 1.82) is 0 Å². The Morgan fingerprint density at radius 2 is 1.77 bits per heavy atom. The summed E-state index contributed by atoms with van der Waals surface area (Å²) in [6.45, 7) is 4.29. The number of amides is 2. The van der Waals surface area contributed by atoms with Crippen molar-refractivity contribution >= 4 is 28.8 Å². The zero-order valence-electron chi connectivity index (χ0n) is 14.5. The number of anilines is 1. The smallest absolute Gasteiger partial charge is 0.275 e. The molecule has 2 amide bonds. The molecule has 3 N–H and O–H groups in total. The van der Waals surface area contributed by atoms with E-state index in [4.69, 9.17) is 5.73 Å². The molecule has 5 nitrogen and oxygen atoms in total. The van der Waals surface area contributed by atoms with E-state index in [1.54, 1.807) is 29.6 Å². The first-order valence-corrected chi connectivity index (χ1v) is 9.09. The standard InChI is InChI=1S/C20H19N3O2S/c1-12(2)13-7-9-14(10-8-13)20-23-17(11-26-20)19(25)22-16-6-4-3-5-15(16)18(21)24/h3-12H,1-2H3,(H2,21,24)(H,22,25). The number of carbonyl (C=O) groups is 2. The van der Waals surface area contributed by atoms with Gasteiger partial charge >= 0.3 is 0 Å². The number of thiazole rings is 1. The van der Waals surface area contributed by atoms with Crippen LogP contribution in [0.5, 0.6) is 0 Å². The minimum atomic E-state index is -0.592. The van der Waals surface area contributed by atoms with Gasteiger partial charge in [-0.05, 0) is 23.6 Å². The van der Waals surface area contributed by atoms with E-state index in [1.165, 1.54) is 16.9 Å². The number of primary amides is 1. The number of hydrogen-bond acceptors (Lipinski definition) is 4. The lowest BCUT2D eigenvalue weighted by atomic mass is 10.0. The molecule has 0 aliphatic carbocycles. The Hall–Kier alpha value is -2.99. The van der Waals surface area contributed by atoms with Gasteiger partial charge in [-0.3, -0.25) is 9.59 Å². The molecule has 0 spiro atoms. The van der Waals surface area contributed by atoms with Crippen molar-refractivity contribution in [1.82, 2.24) is 4.98 Å². The summed E-state index contributed by atoms with van der Waals surface area (Å²) in [5, 5.41) is 5.18. The predicted octanol–water partition coefficient (Wildman–Crippen LogP) is 4.28. The Morgan fingerprint density at radius 1 is 1.08 bits per heavy atom. The van der Waals surface area contributed by atoms with Crippen LogP contribution in [0.3, 0.4) is 0 Å². The molecule has 0 aliphatic rings. The maximum Gasteiger partial charge on any atom is 0.275 e. The molecule has 26 heavy (non-hydrogen) atoms. The molecule has 0 bridgehead atoms. The third-order valence-electron chi connectivity index (χ3n) is 4.00. The lowest BCUT2D eigenvalue weighted by Crippen LogP contribution is -2.18. The van der Waals surface area contributed by atoms with Crippen LogP contribution in [0.25, 0.3) is 10.6 Å². The summed E-state index contributed by atoms with van der Waals surface area (Å²) in [5.74, 6) is -0.503. The topological polar surface area (TPSA) is 85.1 Å². The quantitative estimate of drug-likeness (QED) is 0.707. The zero-order valence-corrected chi connectivity index (χ0v) is 15.3. The molecular formula is C20H19N3O2S. The zero-order chi connectivity index (χ0) is 18.7. The van der Waals surface area contributed by atoms with Crippen molar-refractivity contribution in [2.75, 3.05) is 5.32 Å². The molecule has 0 atom stereocenters. The first-order chi connectivity index (χ1) is 12.5. The molecule has 3 aromatic rings. The van der Waals surface area contributed by atoms with Crippen LogP contribution >= 0.6 is 11.3 Å². The molecule has 0 aliphatic heterocycles. The second kappa shape index (κ2) is 7.49. The van der Waals surface area contributed by atoms with Crippen molar-refractivity contribution in [3.63, 3.8) is 0 Å². The van der Waals surface area contributed by atoms with E-state index in [9.17, 15) is 9.59 Å². The number of benzene rings is 2. The van der Waals surface area contributed by atoms with Crippen LogP contribution in [-0.2, 0) is 0 Å². The van der Waals surface area contributed by atoms with E-state index in [1.807, 2.05) is 12.1 Å². The van der Waals surface area contributed by atoms with Gasteiger partial charge in [-0.1, -0.05) is 50.2 Å². The van der Waals surface area contributed by atoms with Crippen molar-refractivity contribution in [2.24, 2.45) is 5.73 Å². The Morgan fingerprint density at radius 3 is 2.42 bits per heavy atom. The van der Waals surface area contributed by atoms with E-state index in [0.29, 0.717) is 17.3 Å². The van der Waals surface area contributed by atoms with Gasteiger partial charge < -0.3 is 11.1 Å². The van der Waals surface area contributed by atoms with Gasteiger partial charge in [0.1, 0.15) is 10.7 Å². The van der Waals surface area contributed by atoms with Crippen LogP contribution in [0.4, 0.5) is 5.69 Å². The van der Waals surface area contributed by atoms with Gasteiger partial charge in [0, 0.05) is 10.9 Å². The summed E-state index contributed by atoms with van der Waals surface area (Å²) < 4.78 is 0. The van der Waals surface area contributed by atoms with Crippen LogP contribution in [0.15, 0.2) is 53.9 Å². The predicted molar refractivity (Wildman–Crippen MR) is 105 cm³/mol. The highest BCUT2D eigenvalue weighted by Gasteiger charge is 2.15. The van der Waals surface area contributed by atoms with E-state index in [0.717, 1.165) is 10.6 Å². The molecule has 0 saturated carbocycles. The van der Waals surface area contributed by atoms with Gasteiger partial charge in [-0.2, -0.15) is 0 Å². The molecule has 0 saturated heterocycles. The Balaban J connectivity index is 1.79. The van der Waals surface area contributed by atoms with E-state index in [2.05, 4.69) is 36.3 Å². The third-order valence-corrected chi connectivity index (χ3v) is 4.89. The van der Waals surface area contributed by atoms with Gasteiger partial charge in [0.2, 0.25) is 0 Å². The van der Waals surface area contributed by atoms with E-state index < -0.39 is 5.91 Å². The fourth-order valence-electron chi connectivity index (χ4n) is 2.51. The Bertz CT molecular complexity index is 946. The molecule has 3 rings (SSSR count). The lowest BCUT2D eigenvalue weighted by molar-refractivity contribution is 0.100. The summed E-state index contributed by atoms with van der Waals surface area (Å²) in [4.78, 5) is 28.3. The number of aromatic nitrogens is 1. The molecule has 1 aromatic heterocycles. The van der Waals surface area contributed by atoms with Crippen LogP contribution in [0.1, 0.15) is 46.2 Å². The average molecular weight is 365 g/mol. The number of para-hydroxylation sites is 1. The van der Waals surface area contributed by atoms with Gasteiger partial charge in [0.15, 0.2) is 0 Å². The third kappa shape index (κ3) is 3.81. The highest BCUT2D eigenvalue weighted by atomic mass is 32.1. The largest absolute Gasteiger partial charge is 0.366 e. The molecule has 2 aromatic carbocycles. The number of nitrogens with two attached hydrogens (primary N) is 1. The summed E-state index contributed by atoms with van der Waals surface area (Å²) in [5.41, 5.74) is 8.51. The van der Waals surface area contributed by atoms with Crippen molar-refractivity contribution < 1.29 is 9.59 Å². The molecule has 1 heterocycles. The SMILES string of the molecule is CC(C)c1ccc(-c2nc(C(=O)Nc3ccccc3C(N)=O)cs2)cc1. The van der Waals surface area contributed by atoms with Crippen LogP contribution in [0, 0.1) is 0 Å². The average Bonchev–Trinajstić information content (AvgIpc) is 3.12. The fraction of sp³-hybridized carbons (Fsp3) is 0.150. The summed E-state index contributed by atoms with van der Waals surface area (Å²) in [6, 6.07) is 14.8. The van der Waals surface area contributed by atoms with Crippen molar-refractivity contribution in [3.8, 4) is 10.6 Å². The number of nitrogens with one attached hydrogen (secondary N) is 1. The van der Waals surface area contributed by atoms with Crippen molar-refractivity contribution in [3.05, 3.63) is 70.7 Å². The summed E-state index contributed by atoms with van der Waals surface area (Å²) >= 11 is 1.40.